The highest BCUT2D eigenvalue weighted by molar-refractivity contribution is 7.19. The van der Waals surface area contributed by atoms with E-state index in [-0.39, 0.29) is 5.91 Å². The van der Waals surface area contributed by atoms with Gasteiger partial charge < -0.3 is 15.0 Å². The van der Waals surface area contributed by atoms with Crippen molar-refractivity contribution in [3.8, 4) is 0 Å². The lowest BCUT2D eigenvalue weighted by atomic mass is 10.1. The number of anilines is 3. The maximum Gasteiger partial charge on any atom is 0.259 e. The molecule has 9 nitrogen and oxygen atoms in total. The van der Waals surface area contributed by atoms with E-state index in [2.05, 4.69) is 35.9 Å². The van der Waals surface area contributed by atoms with Crippen LogP contribution in [0.2, 0.25) is 0 Å². The molecule has 1 aliphatic rings. The van der Waals surface area contributed by atoms with Crippen molar-refractivity contribution in [2.45, 2.75) is 25.0 Å². The average Bonchev–Trinajstić information content (AvgIpc) is 3.23. The highest BCUT2D eigenvalue weighted by Crippen LogP contribution is 2.26. The van der Waals surface area contributed by atoms with Gasteiger partial charge in [-0.2, -0.15) is 5.10 Å². The van der Waals surface area contributed by atoms with Crippen molar-refractivity contribution in [2.75, 3.05) is 35.7 Å². The number of piperidine rings is 1. The van der Waals surface area contributed by atoms with Crippen molar-refractivity contribution in [1.29, 1.82) is 0 Å². The van der Waals surface area contributed by atoms with E-state index in [4.69, 9.17) is 4.74 Å². The van der Waals surface area contributed by atoms with Crippen LogP contribution in [0.25, 0.3) is 0 Å². The number of nitrogens with zero attached hydrogens (tertiary/aromatic N) is 5. The molecule has 0 aliphatic carbocycles. The first kappa shape index (κ1) is 20.2. The van der Waals surface area contributed by atoms with Gasteiger partial charge in [-0.05, 0) is 30.5 Å². The van der Waals surface area contributed by atoms with Gasteiger partial charge in [0, 0.05) is 32.4 Å². The van der Waals surface area contributed by atoms with Crippen LogP contribution in [0, 0.1) is 0 Å². The number of methoxy groups -OCH3 is 1. The number of aromatic nitrogens is 4. The molecule has 3 aromatic rings. The summed E-state index contributed by atoms with van der Waals surface area (Å²) in [6, 6.07) is 13.5. The van der Waals surface area contributed by atoms with Crippen LogP contribution in [-0.4, -0.2) is 52.5 Å². The zero-order valence-electron chi connectivity index (χ0n) is 16.6. The Balaban J connectivity index is 1.30. The standard InChI is InChI=1S/C20H23N7O2S/c1-29-17(14-6-3-2-4-7-14)18(28)23-20-26-25-19(30-20)22-15-9-12-27(13-10-15)16-8-5-11-21-24-16/h2-8,11,15,17H,9-10,12-13H2,1H3,(H,22,25)(H,23,26,28). The van der Waals surface area contributed by atoms with Gasteiger partial charge in [0.2, 0.25) is 10.3 Å². The second kappa shape index (κ2) is 9.59. The number of nitrogens with one attached hydrogen (secondary N) is 2. The summed E-state index contributed by atoms with van der Waals surface area (Å²) in [7, 11) is 1.51. The van der Waals surface area contributed by atoms with Gasteiger partial charge in [0.15, 0.2) is 11.9 Å². The van der Waals surface area contributed by atoms with E-state index < -0.39 is 6.10 Å². The quantitative estimate of drug-likeness (QED) is 0.595. The molecule has 1 aliphatic heterocycles. The molecule has 10 heteroatoms. The summed E-state index contributed by atoms with van der Waals surface area (Å²) in [6.45, 7) is 1.79. The van der Waals surface area contributed by atoms with Crippen LogP contribution in [0.4, 0.5) is 16.1 Å². The summed E-state index contributed by atoms with van der Waals surface area (Å²) >= 11 is 1.32. The smallest absolute Gasteiger partial charge is 0.259 e. The Hall–Kier alpha value is -3.11. The van der Waals surface area contributed by atoms with Gasteiger partial charge in [0.25, 0.3) is 5.91 Å². The molecule has 30 heavy (non-hydrogen) atoms. The van der Waals surface area contributed by atoms with Crippen molar-refractivity contribution in [3.63, 3.8) is 0 Å². The van der Waals surface area contributed by atoms with Crippen LogP contribution in [0.5, 0.6) is 0 Å². The molecule has 1 atom stereocenters. The lowest BCUT2D eigenvalue weighted by Gasteiger charge is -2.32. The molecule has 3 heterocycles. The molecule has 1 fully saturated rings. The Labute approximate surface area is 178 Å². The minimum atomic E-state index is -0.697. The first-order valence-electron chi connectivity index (χ1n) is 9.74. The van der Waals surface area contributed by atoms with E-state index in [1.165, 1.54) is 18.4 Å². The third kappa shape index (κ3) is 4.89. The summed E-state index contributed by atoms with van der Waals surface area (Å²) in [5.74, 6) is 0.631. The molecule has 0 bridgehead atoms. The summed E-state index contributed by atoms with van der Waals surface area (Å²) in [6.07, 6.45) is 2.89. The van der Waals surface area contributed by atoms with Gasteiger partial charge in [0.05, 0.1) is 0 Å². The van der Waals surface area contributed by atoms with Gasteiger partial charge in [-0.25, -0.2) is 0 Å². The second-order valence-corrected chi connectivity index (χ2v) is 7.89. The molecule has 1 aromatic carbocycles. The fourth-order valence-electron chi connectivity index (χ4n) is 3.41. The lowest BCUT2D eigenvalue weighted by molar-refractivity contribution is -0.126. The molecule has 4 rings (SSSR count). The van der Waals surface area contributed by atoms with Crippen LogP contribution >= 0.6 is 11.3 Å². The number of benzene rings is 1. The Morgan fingerprint density at radius 2 is 1.87 bits per heavy atom. The van der Waals surface area contributed by atoms with Crippen molar-refractivity contribution < 1.29 is 9.53 Å². The number of hydrogen-bond acceptors (Lipinski definition) is 9. The number of rotatable bonds is 7. The van der Waals surface area contributed by atoms with E-state index >= 15 is 0 Å². The average molecular weight is 426 g/mol. The lowest BCUT2D eigenvalue weighted by Crippen LogP contribution is -2.39. The monoisotopic (exact) mass is 425 g/mol. The van der Waals surface area contributed by atoms with E-state index in [1.807, 2.05) is 42.5 Å². The molecular formula is C20H23N7O2S. The number of ether oxygens (including phenoxy) is 1. The van der Waals surface area contributed by atoms with E-state index in [1.54, 1.807) is 6.20 Å². The van der Waals surface area contributed by atoms with Crippen LogP contribution in [-0.2, 0) is 9.53 Å². The molecule has 2 aromatic heterocycles. The Morgan fingerprint density at radius 3 is 2.57 bits per heavy atom. The highest BCUT2D eigenvalue weighted by Gasteiger charge is 2.23. The van der Waals surface area contributed by atoms with Crippen molar-refractivity contribution >= 4 is 33.3 Å². The van der Waals surface area contributed by atoms with Gasteiger partial charge in [-0.1, -0.05) is 41.7 Å². The van der Waals surface area contributed by atoms with Gasteiger partial charge in [-0.3, -0.25) is 10.1 Å². The summed E-state index contributed by atoms with van der Waals surface area (Å²) in [5, 5.41) is 23.7. The third-order valence-corrected chi connectivity index (χ3v) is 5.71. The van der Waals surface area contributed by atoms with Crippen molar-refractivity contribution in [2.24, 2.45) is 0 Å². The zero-order chi connectivity index (χ0) is 20.8. The molecule has 1 saturated heterocycles. The Morgan fingerprint density at radius 1 is 1.10 bits per heavy atom. The number of hydrogen-bond donors (Lipinski definition) is 2. The molecule has 0 saturated carbocycles. The van der Waals surface area contributed by atoms with E-state index in [0.717, 1.165) is 37.3 Å². The van der Waals surface area contributed by atoms with Crippen molar-refractivity contribution in [3.05, 3.63) is 54.2 Å². The predicted molar refractivity (Wildman–Crippen MR) is 116 cm³/mol. The largest absolute Gasteiger partial charge is 0.367 e. The normalized spacial score (nSPS) is 15.6. The van der Waals surface area contributed by atoms with E-state index in [0.29, 0.717) is 16.3 Å². The number of carbonyl (C=O) groups excluding carboxylic acids is 1. The molecule has 0 spiro atoms. The second-order valence-electron chi connectivity index (χ2n) is 6.92. The van der Waals surface area contributed by atoms with Crippen LogP contribution in [0.1, 0.15) is 24.5 Å². The van der Waals surface area contributed by atoms with Crippen LogP contribution < -0.4 is 15.5 Å². The number of carbonyl (C=O) groups is 1. The molecule has 2 N–H and O–H groups in total. The molecular weight excluding hydrogens is 402 g/mol. The molecule has 0 radical (unpaired) electrons. The first-order chi connectivity index (χ1) is 14.7. The minimum absolute atomic E-state index is 0.274. The van der Waals surface area contributed by atoms with Crippen LogP contribution in [0.3, 0.4) is 0 Å². The fraction of sp³-hybridized carbons (Fsp3) is 0.350. The maximum atomic E-state index is 12.6. The topological polar surface area (TPSA) is 105 Å². The molecule has 156 valence electrons. The van der Waals surface area contributed by atoms with Crippen LogP contribution in [0.15, 0.2) is 48.7 Å². The molecule has 1 unspecified atom stereocenters. The highest BCUT2D eigenvalue weighted by atomic mass is 32.1. The van der Waals surface area contributed by atoms with Gasteiger partial charge in [-0.15, -0.1) is 15.3 Å². The summed E-state index contributed by atoms with van der Waals surface area (Å²) < 4.78 is 5.36. The fourth-order valence-corrected chi connectivity index (χ4v) is 4.14. The first-order valence-corrected chi connectivity index (χ1v) is 10.6. The third-order valence-electron chi connectivity index (χ3n) is 4.94. The molecule has 1 amide bonds. The van der Waals surface area contributed by atoms with Crippen molar-refractivity contribution in [1.82, 2.24) is 20.4 Å². The summed E-state index contributed by atoms with van der Waals surface area (Å²) in [4.78, 5) is 14.8. The predicted octanol–water partition coefficient (Wildman–Crippen LogP) is 2.74. The van der Waals surface area contributed by atoms with E-state index in [9.17, 15) is 4.79 Å². The number of amides is 1. The summed E-state index contributed by atoms with van der Waals surface area (Å²) in [5.41, 5.74) is 0.787. The minimum Gasteiger partial charge on any atom is -0.367 e. The van der Waals surface area contributed by atoms with Gasteiger partial charge >= 0.3 is 0 Å². The Kier molecular flexibility index (Phi) is 6.45. The Bertz CT molecular complexity index is 946. The zero-order valence-corrected chi connectivity index (χ0v) is 17.4. The van der Waals surface area contributed by atoms with Gasteiger partial charge in [0.1, 0.15) is 0 Å². The maximum absolute atomic E-state index is 12.6. The SMILES string of the molecule is COC(C(=O)Nc1nnc(NC2CCN(c3cccnn3)CC2)s1)c1ccccc1.